The van der Waals surface area contributed by atoms with Crippen molar-refractivity contribution in [2.45, 2.75) is 51.2 Å². The van der Waals surface area contributed by atoms with E-state index in [9.17, 15) is 9.90 Å². The molecular weight excluding hydrogens is 260 g/mol. The lowest BCUT2D eigenvalue weighted by molar-refractivity contribution is -0.00392. The molecule has 1 saturated carbocycles. The smallest absolute Gasteiger partial charge is 0.338 e. The minimum Gasteiger partial charge on any atom is -0.463 e. The lowest BCUT2D eigenvalue weighted by Gasteiger charge is -2.21. The third-order valence-corrected chi connectivity index (χ3v) is 3.48. The summed E-state index contributed by atoms with van der Waals surface area (Å²) in [5.41, 5.74) is 1.11. The molecule has 0 saturated heterocycles. The summed E-state index contributed by atoms with van der Waals surface area (Å²) in [6.45, 7) is 3.43. The van der Waals surface area contributed by atoms with Crippen LogP contribution in [0.25, 0.3) is 0 Å². The van der Waals surface area contributed by atoms with Crippen LogP contribution in [0.1, 0.15) is 44.1 Å². The van der Waals surface area contributed by atoms with Crippen LogP contribution in [0.5, 0.6) is 0 Å². The Labute approximate surface area is 118 Å². The van der Waals surface area contributed by atoms with Crippen molar-refractivity contribution < 1.29 is 19.2 Å². The van der Waals surface area contributed by atoms with Gasteiger partial charge in [-0.05, 0) is 38.8 Å². The maximum absolute atomic E-state index is 11.6. The molecule has 1 aromatic heterocycles. The van der Waals surface area contributed by atoms with Gasteiger partial charge in [0.25, 0.3) is 0 Å². The number of aryl methyl sites for hydroxylation is 1. The topological polar surface area (TPSA) is 83.7 Å². The van der Waals surface area contributed by atoms with Crippen molar-refractivity contribution in [1.29, 1.82) is 0 Å². The molecule has 2 amide bonds. The lowest BCUT2D eigenvalue weighted by Crippen LogP contribution is -2.44. The predicted octanol–water partition coefficient (Wildman–Crippen LogP) is 1.97. The van der Waals surface area contributed by atoms with E-state index in [0.29, 0.717) is 11.5 Å². The van der Waals surface area contributed by atoms with E-state index in [-0.39, 0.29) is 12.6 Å². The van der Waals surface area contributed by atoms with Crippen LogP contribution in [-0.4, -0.2) is 23.8 Å². The van der Waals surface area contributed by atoms with Crippen molar-refractivity contribution in [2.75, 3.05) is 6.54 Å². The van der Waals surface area contributed by atoms with Crippen molar-refractivity contribution >= 4 is 6.03 Å². The van der Waals surface area contributed by atoms with Gasteiger partial charge in [0.2, 0.25) is 0 Å². The van der Waals surface area contributed by atoms with Crippen LogP contribution in [0, 0.1) is 6.92 Å². The standard InChI is InChI=1S/C14H22N2O4/c1-10-7-8-12(19-10)14(2,18)9-15-13(17)16-20-11-5-3-4-6-11/h7-8,11,18H,3-6,9H2,1-2H3,(H2,15,16,17). The van der Waals surface area contributed by atoms with E-state index in [1.165, 1.54) is 0 Å². The highest BCUT2D eigenvalue weighted by molar-refractivity contribution is 5.72. The summed E-state index contributed by atoms with van der Waals surface area (Å²) in [4.78, 5) is 16.9. The number of furan rings is 1. The number of urea groups is 1. The average Bonchev–Trinajstić information content (AvgIpc) is 3.05. The van der Waals surface area contributed by atoms with Crippen molar-refractivity contribution in [3.63, 3.8) is 0 Å². The maximum atomic E-state index is 11.6. The fourth-order valence-electron chi connectivity index (χ4n) is 2.24. The van der Waals surface area contributed by atoms with E-state index >= 15 is 0 Å². The molecule has 6 nitrogen and oxygen atoms in total. The SMILES string of the molecule is Cc1ccc(C(C)(O)CNC(=O)NOC2CCCC2)o1. The fraction of sp³-hybridized carbons (Fsp3) is 0.643. The molecule has 3 N–H and O–H groups in total. The van der Waals surface area contributed by atoms with Gasteiger partial charge < -0.3 is 14.8 Å². The third kappa shape index (κ3) is 3.98. The molecule has 0 aromatic carbocycles. The molecule has 6 heteroatoms. The maximum Gasteiger partial charge on any atom is 0.338 e. The average molecular weight is 282 g/mol. The van der Waals surface area contributed by atoms with Gasteiger partial charge in [0.1, 0.15) is 17.1 Å². The van der Waals surface area contributed by atoms with Crippen LogP contribution >= 0.6 is 0 Å². The van der Waals surface area contributed by atoms with Gasteiger partial charge in [0, 0.05) is 0 Å². The Kier molecular flexibility index (Phi) is 4.67. The van der Waals surface area contributed by atoms with Crippen LogP contribution < -0.4 is 10.8 Å². The number of aliphatic hydroxyl groups is 1. The number of nitrogens with one attached hydrogen (secondary N) is 2. The summed E-state index contributed by atoms with van der Waals surface area (Å²) < 4.78 is 5.37. The molecule has 1 aromatic rings. The summed E-state index contributed by atoms with van der Waals surface area (Å²) in [6, 6.07) is 3.01. The molecule has 1 atom stereocenters. The quantitative estimate of drug-likeness (QED) is 0.721. The molecule has 1 heterocycles. The Hall–Kier alpha value is -1.53. The second-order valence-electron chi connectivity index (χ2n) is 5.49. The van der Waals surface area contributed by atoms with Crippen molar-refractivity contribution in [3.8, 4) is 0 Å². The number of carbonyl (C=O) groups is 1. The molecule has 0 bridgehead atoms. The Balaban J connectivity index is 1.74. The Morgan fingerprint density at radius 2 is 2.20 bits per heavy atom. The third-order valence-electron chi connectivity index (χ3n) is 3.48. The number of hydroxylamine groups is 1. The Morgan fingerprint density at radius 1 is 1.50 bits per heavy atom. The normalized spacial score (nSPS) is 18.8. The first-order valence-corrected chi connectivity index (χ1v) is 6.96. The fourth-order valence-corrected chi connectivity index (χ4v) is 2.24. The summed E-state index contributed by atoms with van der Waals surface area (Å²) in [6.07, 6.45) is 4.34. The van der Waals surface area contributed by atoms with Crippen LogP contribution in [0.15, 0.2) is 16.5 Å². The summed E-state index contributed by atoms with van der Waals surface area (Å²) in [5, 5.41) is 12.8. The zero-order valence-electron chi connectivity index (χ0n) is 11.9. The molecule has 1 aliphatic rings. The first-order valence-electron chi connectivity index (χ1n) is 6.96. The van der Waals surface area contributed by atoms with E-state index < -0.39 is 11.6 Å². The minimum absolute atomic E-state index is 0.0415. The van der Waals surface area contributed by atoms with Crippen LogP contribution in [0.3, 0.4) is 0 Å². The van der Waals surface area contributed by atoms with E-state index in [0.717, 1.165) is 25.7 Å². The van der Waals surface area contributed by atoms with Gasteiger partial charge in [-0.1, -0.05) is 12.8 Å². The summed E-state index contributed by atoms with van der Waals surface area (Å²) in [7, 11) is 0. The second kappa shape index (κ2) is 6.28. The molecule has 0 spiro atoms. The minimum atomic E-state index is -1.25. The largest absolute Gasteiger partial charge is 0.463 e. The Morgan fingerprint density at radius 3 is 2.80 bits per heavy atom. The summed E-state index contributed by atoms with van der Waals surface area (Å²) >= 11 is 0. The summed E-state index contributed by atoms with van der Waals surface area (Å²) in [5.74, 6) is 1.14. The molecule has 1 fully saturated rings. The molecular formula is C14H22N2O4. The molecule has 20 heavy (non-hydrogen) atoms. The van der Waals surface area contributed by atoms with E-state index in [1.54, 1.807) is 26.0 Å². The molecule has 1 unspecified atom stereocenters. The number of hydrogen-bond donors (Lipinski definition) is 3. The highest BCUT2D eigenvalue weighted by atomic mass is 16.7. The highest BCUT2D eigenvalue weighted by Gasteiger charge is 2.27. The number of amides is 2. The molecule has 0 radical (unpaired) electrons. The molecule has 112 valence electrons. The van der Waals surface area contributed by atoms with Gasteiger partial charge in [-0.25, -0.2) is 10.3 Å². The number of hydrogen-bond acceptors (Lipinski definition) is 4. The van der Waals surface area contributed by atoms with E-state index in [1.807, 2.05) is 0 Å². The van der Waals surface area contributed by atoms with Gasteiger partial charge in [-0.15, -0.1) is 0 Å². The first-order chi connectivity index (χ1) is 9.47. The van der Waals surface area contributed by atoms with Gasteiger partial charge in [0.15, 0.2) is 0 Å². The van der Waals surface area contributed by atoms with Crippen molar-refractivity contribution in [2.24, 2.45) is 0 Å². The van der Waals surface area contributed by atoms with Gasteiger partial charge in [-0.3, -0.25) is 4.84 Å². The number of rotatable bonds is 5. The lowest BCUT2D eigenvalue weighted by atomic mass is 10.0. The van der Waals surface area contributed by atoms with Gasteiger partial charge in [-0.2, -0.15) is 0 Å². The Bertz CT molecular complexity index is 450. The molecule has 1 aliphatic carbocycles. The van der Waals surface area contributed by atoms with Crippen molar-refractivity contribution in [3.05, 3.63) is 23.7 Å². The molecule has 0 aliphatic heterocycles. The zero-order valence-corrected chi connectivity index (χ0v) is 11.9. The zero-order chi connectivity index (χ0) is 14.6. The number of carbonyl (C=O) groups excluding carboxylic acids is 1. The van der Waals surface area contributed by atoms with E-state index in [4.69, 9.17) is 9.25 Å². The van der Waals surface area contributed by atoms with Crippen LogP contribution in [0.2, 0.25) is 0 Å². The highest BCUT2D eigenvalue weighted by Crippen LogP contribution is 2.22. The van der Waals surface area contributed by atoms with Crippen LogP contribution in [-0.2, 0) is 10.4 Å². The molecule has 2 rings (SSSR count). The monoisotopic (exact) mass is 282 g/mol. The predicted molar refractivity (Wildman–Crippen MR) is 72.9 cm³/mol. The first kappa shape index (κ1) is 14.9. The van der Waals surface area contributed by atoms with Gasteiger partial charge >= 0.3 is 6.03 Å². The second-order valence-corrected chi connectivity index (χ2v) is 5.49. The van der Waals surface area contributed by atoms with E-state index in [2.05, 4.69) is 10.8 Å². The van der Waals surface area contributed by atoms with Crippen molar-refractivity contribution in [1.82, 2.24) is 10.8 Å². The van der Waals surface area contributed by atoms with Crippen LogP contribution in [0.4, 0.5) is 4.79 Å². The van der Waals surface area contributed by atoms with Gasteiger partial charge in [0.05, 0.1) is 12.6 Å².